The smallest absolute Gasteiger partial charge is 0.320 e. The number of primary amides is 1. The molecule has 1 rings (SSSR count). The first-order chi connectivity index (χ1) is 8.04. The van der Waals surface area contributed by atoms with Crippen LogP contribution in [0.1, 0.15) is 32.1 Å². The fourth-order valence-corrected chi connectivity index (χ4v) is 1.77. The maximum atomic E-state index is 11.0. The normalized spacial score (nSPS) is 18.6. The summed E-state index contributed by atoms with van der Waals surface area (Å²) in [5.74, 6) is -1.22. The van der Waals surface area contributed by atoms with Crippen molar-refractivity contribution in [2.75, 3.05) is 7.05 Å². The van der Waals surface area contributed by atoms with E-state index in [0.717, 1.165) is 12.8 Å². The SMILES string of the molecule is CNC(CCCC(NC1CC1)C(=O)O)C(N)=O. The van der Waals surface area contributed by atoms with Gasteiger partial charge in [-0.3, -0.25) is 9.59 Å². The number of carbonyl (C=O) groups is 2. The molecular weight excluding hydrogens is 222 g/mol. The molecule has 2 unspecified atom stereocenters. The van der Waals surface area contributed by atoms with Gasteiger partial charge in [-0.05, 0) is 39.2 Å². The molecule has 6 heteroatoms. The third-order valence-corrected chi connectivity index (χ3v) is 2.99. The molecule has 0 aromatic heterocycles. The summed E-state index contributed by atoms with van der Waals surface area (Å²) in [4.78, 5) is 21.9. The Hall–Kier alpha value is -1.14. The number of hydrogen-bond donors (Lipinski definition) is 4. The van der Waals surface area contributed by atoms with E-state index >= 15 is 0 Å². The van der Waals surface area contributed by atoms with Crippen LogP contribution in [-0.4, -0.2) is 42.2 Å². The van der Waals surface area contributed by atoms with Crippen LogP contribution in [0.5, 0.6) is 0 Å². The van der Waals surface area contributed by atoms with E-state index in [4.69, 9.17) is 10.8 Å². The second-order valence-electron chi connectivity index (χ2n) is 4.51. The summed E-state index contributed by atoms with van der Waals surface area (Å²) in [5.41, 5.74) is 5.18. The third kappa shape index (κ3) is 5.14. The van der Waals surface area contributed by atoms with Crippen LogP contribution in [0.3, 0.4) is 0 Å². The molecule has 0 aliphatic heterocycles. The molecule has 0 aromatic carbocycles. The van der Waals surface area contributed by atoms with Gasteiger partial charge in [0, 0.05) is 6.04 Å². The second kappa shape index (κ2) is 6.56. The van der Waals surface area contributed by atoms with Gasteiger partial charge in [-0.1, -0.05) is 0 Å². The molecule has 6 nitrogen and oxygen atoms in total. The van der Waals surface area contributed by atoms with Crippen molar-refractivity contribution in [1.82, 2.24) is 10.6 Å². The van der Waals surface area contributed by atoms with E-state index in [1.807, 2.05) is 0 Å². The van der Waals surface area contributed by atoms with E-state index < -0.39 is 17.9 Å². The molecule has 1 aliphatic rings. The van der Waals surface area contributed by atoms with Gasteiger partial charge in [0.25, 0.3) is 0 Å². The van der Waals surface area contributed by atoms with Gasteiger partial charge in [0.1, 0.15) is 6.04 Å². The predicted molar refractivity (Wildman–Crippen MR) is 63.5 cm³/mol. The third-order valence-electron chi connectivity index (χ3n) is 2.99. The number of amides is 1. The average molecular weight is 243 g/mol. The van der Waals surface area contributed by atoms with Crippen molar-refractivity contribution < 1.29 is 14.7 Å². The van der Waals surface area contributed by atoms with Gasteiger partial charge in [0.2, 0.25) is 5.91 Å². The fourth-order valence-electron chi connectivity index (χ4n) is 1.77. The highest BCUT2D eigenvalue weighted by Crippen LogP contribution is 2.20. The fraction of sp³-hybridized carbons (Fsp3) is 0.818. The molecule has 5 N–H and O–H groups in total. The Balaban J connectivity index is 2.25. The number of nitrogens with two attached hydrogens (primary N) is 1. The number of carboxylic acid groups (broad SMARTS) is 1. The molecule has 17 heavy (non-hydrogen) atoms. The maximum Gasteiger partial charge on any atom is 0.320 e. The van der Waals surface area contributed by atoms with E-state index in [2.05, 4.69) is 10.6 Å². The molecule has 0 aromatic rings. The lowest BCUT2D eigenvalue weighted by Gasteiger charge is -2.16. The monoisotopic (exact) mass is 243 g/mol. The van der Waals surface area contributed by atoms with E-state index in [-0.39, 0.29) is 6.04 Å². The van der Waals surface area contributed by atoms with Crippen molar-refractivity contribution in [3.8, 4) is 0 Å². The average Bonchev–Trinajstić information content (AvgIpc) is 3.05. The van der Waals surface area contributed by atoms with Gasteiger partial charge < -0.3 is 21.5 Å². The highest BCUT2D eigenvalue weighted by Gasteiger charge is 2.28. The zero-order chi connectivity index (χ0) is 12.8. The quantitative estimate of drug-likeness (QED) is 0.434. The molecule has 0 spiro atoms. The van der Waals surface area contributed by atoms with Gasteiger partial charge in [0.15, 0.2) is 0 Å². The summed E-state index contributed by atoms with van der Waals surface area (Å²) in [7, 11) is 1.67. The molecule has 1 saturated carbocycles. The van der Waals surface area contributed by atoms with Crippen LogP contribution < -0.4 is 16.4 Å². The molecule has 0 radical (unpaired) electrons. The number of carbonyl (C=O) groups excluding carboxylic acids is 1. The number of nitrogens with one attached hydrogen (secondary N) is 2. The Bertz CT molecular complexity index is 279. The Kier molecular flexibility index (Phi) is 5.37. The number of likely N-dealkylation sites (N-methyl/N-ethyl adjacent to an activating group) is 1. The number of aliphatic carboxylic acids is 1. The lowest BCUT2D eigenvalue weighted by Crippen LogP contribution is -2.41. The molecule has 1 aliphatic carbocycles. The van der Waals surface area contributed by atoms with Crippen LogP contribution in [0.15, 0.2) is 0 Å². The van der Waals surface area contributed by atoms with Crippen molar-refractivity contribution in [2.45, 2.75) is 50.2 Å². The van der Waals surface area contributed by atoms with Crippen LogP contribution in [0, 0.1) is 0 Å². The number of carboxylic acids is 1. The van der Waals surface area contributed by atoms with Crippen molar-refractivity contribution in [2.24, 2.45) is 5.73 Å². The maximum absolute atomic E-state index is 11.0. The predicted octanol–water partition coefficient (Wildman–Crippen LogP) is -0.565. The topological polar surface area (TPSA) is 104 Å². The highest BCUT2D eigenvalue weighted by atomic mass is 16.4. The van der Waals surface area contributed by atoms with E-state index in [1.54, 1.807) is 7.05 Å². The number of rotatable bonds is 9. The Morgan fingerprint density at radius 3 is 2.35 bits per heavy atom. The molecule has 1 fully saturated rings. The molecule has 2 atom stereocenters. The van der Waals surface area contributed by atoms with Gasteiger partial charge in [-0.15, -0.1) is 0 Å². The van der Waals surface area contributed by atoms with Gasteiger partial charge >= 0.3 is 5.97 Å². The Labute approximate surface area is 101 Å². The molecule has 1 amide bonds. The summed E-state index contributed by atoms with van der Waals surface area (Å²) in [6, 6.07) is -0.509. The van der Waals surface area contributed by atoms with Gasteiger partial charge in [0.05, 0.1) is 6.04 Å². The summed E-state index contributed by atoms with van der Waals surface area (Å²) >= 11 is 0. The van der Waals surface area contributed by atoms with Gasteiger partial charge in [-0.25, -0.2) is 0 Å². The second-order valence-corrected chi connectivity index (χ2v) is 4.51. The first-order valence-electron chi connectivity index (χ1n) is 6.00. The van der Waals surface area contributed by atoms with Crippen molar-refractivity contribution in [1.29, 1.82) is 0 Å². The summed E-state index contributed by atoms with van der Waals surface area (Å²) in [5, 5.41) is 14.9. The molecule has 0 saturated heterocycles. The molecule has 0 bridgehead atoms. The minimum absolute atomic E-state index is 0.368. The van der Waals surface area contributed by atoms with E-state index in [9.17, 15) is 9.59 Å². The first kappa shape index (κ1) is 13.9. The van der Waals surface area contributed by atoms with Crippen LogP contribution in [0.2, 0.25) is 0 Å². The first-order valence-corrected chi connectivity index (χ1v) is 6.00. The van der Waals surface area contributed by atoms with Crippen LogP contribution in [0.4, 0.5) is 0 Å². The van der Waals surface area contributed by atoms with Crippen LogP contribution in [-0.2, 0) is 9.59 Å². The summed E-state index contributed by atoms with van der Waals surface area (Å²) in [6.07, 6.45) is 3.87. The largest absolute Gasteiger partial charge is 0.480 e. The molecule has 98 valence electrons. The summed E-state index contributed by atoms with van der Waals surface area (Å²) < 4.78 is 0. The Morgan fingerprint density at radius 1 is 1.35 bits per heavy atom. The zero-order valence-electron chi connectivity index (χ0n) is 10.1. The Morgan fingerprint density at radius 2 is 1.94 bits per heavy atom. The van der Waals surface area contributed by atoms with Crippen LogP contribution >= 0.6 is 0 Å². The summed E-state index contributed by atoms with van der Waals surface area (Å²) in [6.45, 7) is 0. The highest BCUT2D eigenvalue weighted by molar-refractivity contribution is 5.79. The van der Waals surface area contributed by atoms with Gasteiger partial charge in [-0.2, -0.15) is 0 Å². The molecular formula is C11H21N3O3. The minimum Gasteiger partial charge on any atom is -0.480 e. The van der Waals surface area contributed by atoms with E-state index in [0.29, 0.717) is 25.3 Å². The molecule has 0 heterocycles. The minimum atomic E-state index is -0.822. The lowest BCUT2D eigenvalue weighted by atomic mass is 10.0. The van der Waals surface area contributed by atoms with E-state index in [1.165, 1.54) is 0 Å². The number of hydrogen-bond acceptors (Lipinski definition) is 4. The zero-order valence-corrected chi connectivity index (χ0v) is 10.1. The standard InChI is InChI=1S/C11H21N3O3/c1-13-8(10(12)15)3-2-4-9(11(16)17)14-7-5-6-7/h7-9,13-14H,2-6H2,1H3,(H2,12,15)(H,16,17). The lowest BCUT2D eigenvalue weighted by molar-refractivity contribution is -0.139. The van der Waals surface area contributed by atoms with Crippen molar-refractivity contribution >= 4 is 11.9 Å². The van der Waals surface area contributed by atoms with Crippen molar-refractivity contribution in [3.05, 3.63) is 0 Å². The van der Waals surface area contributed by atoms with Crippen LogP contribution in [0.25, 0.3) is 0 Å². The van der Waals surface area contributed by atoms with Crippen molar-refractivity contribution in [3.63, 3.8) is 0 Å².